The van der Waals surface area contributed by atoms with Crippen LogP contribution < -0.4 is 0 Å². The first-order valence-electron chi connectivity index (χ1n) is 5.77. The lowest BCUT2D eigenvalue weighted by atomic mass is 9.80. The molecular formula is C12H22O. The number of rotatable bonds is 6. The molecule has 0 N–H and O–H groups in total. The van der Waals surface area contributed by atoms with E-state index >= 15 is 0 Å². The van der Waals surface area contributed by atoms with E-state index in [2.05, 4.69) is 13.8 Å². The minimum absolute atomic E-state index is 0.512. The van der Waals surface area contributed by atoms with E-state index in [0.29, 0.717) is 11.7 Å². The van der Waals surface area contributed by atoms with E-state index in [0.717, 1.165) is 31.6 Å². The van der Waals surface area contributed by atoms with Gasteiger partial charge in [-0.05, 0) is 11.8 Å². The molecule has 1 heteroatoms. The van der Waals surface area contributed by atoms with Crippen molar-refractivity contribution in [2.45, 2.75) is 58.8 Å². The zero-order valence-corrected chi connectivity index (χ0v) is 9.01. The molecular weight excluding hydrogens is 160 g/mol. The van der Waals surface area contributed by atoms with Gasteiger partial charge in [-0.1, -0.05) is 46.0 Å². The van der Waals surface area contributed by atoms with Gasteiger partial charge in [0.15, 0.2) is 0 Å². The van der Waals surface area contributed by atoms with Gasteiger partial charge in [0.1, 0.15) is 5.78 Å². The minimum Gasteiger partial charge on any atom is -0.300 e. The smallest absolute Gasteiger partial charge is 0.133 e. The summed E-state index contributed by atoms with van der Waals surface area (Å²) in [5.74, 6) is 1.91. The van der Waals surface area contributed by atoms with Crippen LogP contribution in [-0.4, -0.2) is 5.78 Å². The Morgan fingerprint density at radius 1 is 1.31 bits per heavy atom. The van der Waals surface area contributed by atoms with Gasteiger partial charge in [-0.25, -0.2) is 0 Å². The van der Waals surface area contributed by atoms with Crippen molar-refractivity contribution in [2.24, 2.45) is 11.8 Å². The molecule has 1 aliphatic rings. The van der Waals surface area contributed by atoms with E-state index in [4.69, 9.17) is 0 Å². The normalized spacial score (nSPS) is 17.5. The number of carbonyl (C=O) groups excluding carboxylic acids is 1. The van der Waals surface area contributed by atoms with Crippen LogP contribution in [0.25, 0.3) is 0 Å². The number of hydrogen-bond donors (Lipinski definition) is 0. The topological polar surface area (TPSA) is 17.1 Å². The molecule has 0 saturated heterocycles. The highest BCUT2D eigenvalue weighted by atomic mass is 16.1. The Balaban J connectivity index is 2.14. The summed E-state index contributed by atoms with van der Waals surface area (Å²) in [4.78, 5) is 11.6. The fraction of sp³-hybridized carbons (Fsp3) is 0.917. The summed E-state index contributed by atoms with van der Waals surface area (Å²) >= 11 is 0. The minimum atomic E-state index is 0.512. The second-order valence-electron chi connectivity index (χ2n) is 4.43. The third-order valence-electron chi connectivity index (χ3n) is 3.41. The third kappa shape index (κ3) is 3.50. The number of carbonyl (C=O) groups is 1. The number of Topliss-reactive ketones (excluding diaryl/α,β-unsaturated/α-hetero) is 1. The molecule has 1 fully saturated rings. The molecule has 0 aromatic rings. The Kier molecular flexibility index (Phi) is 4.47. The summed E-state index contributed by atoms with van der Waals surface area (Å²) in [5, 5.41) is 0. The first kappa shape index (κ1) is 10.7. The molecule has 13 heavy (non-hydrogen) atoms. The highest BCUT2D eigenvalue weighted by Crippen LogP contribution is 2.30. The van der Waals surface area contributed by atoms with Crippen molar-refractivity contribution in [3.8, 4) is 0 Å². The molecule has 1 saturated carbocycles. The lowest BCUT2D eigenvalue weighted by Gasteiger charge is -2.25. The zero-order chi connectivity index (χ0) is 9.68. The monoisotopic (exact) mass is 182 g/mol. The molecule has 0 bridgehead atoms. The second kappa shape index (κ2) is 5.41. The molecule has 0 heterocycles. The van der Waals surface area contributed by atoms with Gasteiger partial charge < -0.3 is 0 Å². The summed E-state index contributed by atoms with van der Waals surface area (Å²) in [7, 11) is 0. The molecule has 0 aromatic carbocycles. The van der Waals surface area contributed by atoms with Crippen LogP contribution >= 0.6 is 0 Å². The van der Waals surface area contributed by atoms with Crippen LogP contribution in [0.2, 0.25) is 0 Å². The van der Waals surface area contributed by atoms with Gasteiger partial charge in [-0.2, -0.15) is 0 Å². The quantitative estimate of drug-likeness (QED) is 0.613. The van der Waals surface area contributed by atoms with Crippen LogP contribution in [0.3, 0.4) is 0 Å². The van der Waals surface area contributed by atoms with Crippen molar-refractivity contribution >= 4 is 5.78 Å². The predicted octanol–water partition coefficient (Wildman–Crippen LogP) is 3.57. The fourth-order valence-corrected chi connectivity index (χ4v) is 2.00. The highest BCUT2D eigenvalue weighted by molar-refractivity contribution is 5.78. The van der Waals surface area contributed by atoms with Crippen LogP contribution in [0, 0.1) is 11.8 Å². The highest BCUT2D eigenvalue weighted by Gasteiger charge is 2.21. The van der Waals surface area contributed by atoms with Crippen molar-refractivity contribution in [3.05, 3.63) is 0 Å². The maximum absolute atomic E-state index is 11.6. The summed E-state index contributed by atoms with van der Waals surface area (Å²) < 4.78 is 0. The molecule has 76 valence electrons. The molecule has 0 spiro atoms. The van der Waals surface area contributed by atoms with E-state index in [1.54, 1.807) is 0 Å². The van der Waals surface area contributed by atoms with Gasteiger partial charge in [0.25, 0.3) is 0 Å². The van der Waals surface area contributed by atoms with Crippen molar-refractivity contribution in [3.63, 3.8) is 0 Å². The lowest BCUT2D eigenvalue weighted by Crippen LogP contribution is -2.17. The van der Waals surface area contributed by atoms with Crippen LogP contribution in [0.4, 0.5) is 0 Å². The van der Waals surface area contributed by atoms with Crippen molar-refractivity contribution in [1.29, 1.82) is 0 Å². The van der Waals surface area contributed by atoms with E-state index < -0.39 is 0 Å². The van der Waals surface area contributed by atoms with Crippen molar-refractivity contribution in [2.75, 3.05) is 0 Å². The average molecular weight is 182 g/mol. The van der Waals surface area contributed by atoms with E-state index in [1.807, 2.05) is 0 Å². The Bertz CT molecular complexity index is 155. The average Bonchev–Trinajstić information content (AvgIpc) is 2.07. The van der Waals surface area contributed by atoms with Gasteiger partial charge in [0.2, 0.25) is 0 Å². The summed E-state index contributed by atoms with van der Waals surface area (Å²) in [6.45, 7) is 4.37. The molecule has 0 atom stereocenters. The molecule has 0 aliphatic heterocycles. The summed E-state index contributed by atoms with van der Waals surface area (Å²) in [5.41, 5.74) is 0. The number of hydrogen-bond acceptors (Lipinski definition) is 1. The molecule has 0 radical (unpaired) electrons. The molecule has 0 unspecified atom stereocenters. The van der Waals surface area contributed by atoms with Crippen LogP contribution in [0.15, 0.2) is 0 Å². The van der Waals surface area contributed by atoms with E-state index in [-0.39, 0.29) is 0 Å². The molecule has 0 aromatic heterocycles. The van der Waals surface area contributed by atoms with Gasteiger partial charge in [0, 0.05) is 12.8 Å². The molecule has 1 rings (SSSR count). The van der Waals surface area contributed by atoms with Gasteiger partial charge in [0.05, 0.1) is 0 Å². The third-order valence-corrected chi connectivity index (χ3v) is 3.41. The molecule has 0 amide bonds. The summed E-state index contributed by atoms with van der Waals surface area (Å²) in [6.07, 6.45) is 7.98. The molecule has 1 aliphatic carbocycles. The van der Waals surface area contributed by atoms with E-state index in [1.165, 1.54) is 19.3 Å². The van der Waals surface area contributed by atoms with Gasteiger partial charge >= 0.3 is 0 Å². The van der Waals surface area contributed by atoms with Crippen LogP contribution in [0.5, 0.6) is 0 Å². The maximum atomic E-state index is 11.6. The van der Waals surface area contributed by atoms with Gasteiger partial charge in [-0.15, -0.1) is 0 Å². The first-order valence-corrected chi connectivity index (χ1v) is 5.77. The van der Waals surface area contributed by atoms with Crippen molar-refractivity contribution < 1.29 is 4.79 Å². The lowest BCUT2D eigenvalue weighted by molar-refractivity contribution is -0.121. The van der Waals surface area contributed by atoms with E-state index in [9.17, 15) is 4.79 Å². The zero-order valence-electron chi connectivity index (χ0n) is 9.01. The van der Waals surface area contributed by atoms with Gasteiger partial charge in [-0.3, -0.25) is 4.79 Å². The Labute approximate surface area is 81.9 Å². The van der Waals surface area contributed by atoms with Crippen molar-refractivity contribution in [1.82, 2.24) is 0 Å². The first-order chi connectivity index (χ1) is 6.26. The predicted molar refractivity (Wildman–Crippen MR) is 55.7 cm³/mol. The van der Waals surface area contributed by atoms with Crippen LogP contribution in [-0.2, 0) is 4.79 Å². The standard InChI is InChI=1S/C12H22O/c1-3-10(4-2)8-12(13)9-11-6-5-7-11/h10-11H,3-9H2,1-2H3. The number of ketones is 1. The molecule has 1 nitrogen and oxygen atoms in total. The fourth-order valence-electron chi connectivity index (χ4n) is 2.00. The second-order valence-corrected chi connectivity index (χ2v) is 4.43. The Hall–Kier alpha value is -0.330. The Morgan fingerprint density at radius 3 is 2.31 bits per heavy atom. The van der Waals surface area contributed by atoms with Crippen LogP contribution in [0.1, 0.15) is 58.8 Å². The summed E-state index contributed by atoms with van der Waals surface area (Å²) in [6, 6.07) is 0. The largest absolute Gasteiger partial charge is 0.300 e. The Morgan fingerprint density at radius 2 is 1.92 bits per heavy atom. The SMILES string of the molecule is CCC(CC)CC(=O)CC1CCC1. The maximum Gasteiger partial charge on any atom is 0.133 e.